The van der Waals surface area contributed by atoms with Gasteiger partial charge >= 0.3 is 6.18 Å². The fourth-order valence-corrected chi connectivity index (χ4v) is 3.08. The monoisotopic (exact) mass is 496 g/mol. The Balaban J connectivity index is 1.68. The van der Waals surface area contributed by atoms with Gasteiger partial charge in [-0.15, -0.1) is 0 Å². The van der Waals surface area contributed by atoms with Gasteiger partial charge in [0.05, 0.1) is 31.6 Å². The molecule has 0 fully saturated rings. The van der Waals surface area contributed by atoms with Gasteiger partial charge in [-0.05, 0) is 12.1 Å². The Bertz CT molecular complexity index is 1310. The first-order valence-electron chi connectivity index (χ1n) is 10.00. The molecule has 0 aliphatic rings. The van der Waals surface area contributed by atoms with Gasteiger partial charge in [-0.1, -0.05) is 23.4 Å². The van der Waals surface area contributed by atoms with Crippen LogP contribution < -0.4 is 5.32 Å². The quantitative estimate of drug-likeness (QED) is 0.318. The highest BCUT2D eigenvalue weighted by Crippen LogP contribution is 2.31. The van der Waals surface area contributed by atoms with Crippen LogP contribution in [0.25, 0.3) is 22.9 Å². The molecule has 1 atom stereocenters. The molecule has 0 bridgehead atoms. The van der Waals surface area contributed by atoms with Crippen LogP contribution in [0.2, 0.25) is 0 Å². The molecule has 1 unspecified atom stereocenters. The lowest BCUT2D eigenvalue weighted by Gasteiger charge is -2.28. The van der Waals surface area contributed by atoms with E-state index in [1.165, 1.54) is 35.2 Å². The zero-order valence-corrected chi connectivity index (χ0v) is 17.7. The number of aromatic nitrogens is 5. The molecule has 3 aromatic heterocycles. The minimum atomic E-state index is -5.18. The van der Waals surface area contributed by atoms with Gasteiger partial charge in [-0.2, -0.15) is 18.3 Å². The maximum atomic E-state index is 14.2. The Morgan fingerprint density at radius 1 is 1.06 bits per heavy atom. The molecule has 0 radical (unpaired) electrons. The lowest BCUT2D eigenvalue weighted by molar-refractivity contribution is -0.264. The van der Waals surface area contributed by atoms with Gasteiger partial charge in [0, 0.05) is 11.6 Å². The molecule has 3 heterocycles. The molecule has 0 saturated heterocycles. The number of hydrogen-bond donors (Lipinski definition) is 3. The maximum Gasteiger partial charge on any atom is 0.421 e. The van der Waals surface area contributed by atoms with E-state index in [0.717, 1.165) is 0 Å². The predicted molar refractivity (Wildman–Crippen MR) is 111 cm³/mol. The number of alkyl halides is 3. The van der Waals surface area contributed by atoms with E-state index in [4.69, 9.17) is 9.63 Å². The van der Waals surface area contributed by atoms with Crippen molar-refractivity contribution in [1.82, 2.24) is 24.9 Å². The molecule has 4 aromatic rings. The topological polar surface area (TPSA) is 122 Å². The summed E-state index contributed by atoms with van der Waals surface area (Å²) in [6.07, 6.45) is -3.16. The van der Waals surface area contributed by atoms with Crippen molar-refractivity contribution in [2.75, 3.05) is 18.5 Å². The number of aliphatic hydroxyl groups is 2. The first-order valence-corrected chi connectivity index (χ1v) is 10.00. The molecule has 9 nitrogen and oxygen atoms in total. The van der Waals surface area contributed by atoms with Crippen LogP contribution in [-0.2, 0) is 6.54 Å². The summed E-state index contributed by atoms with van der Waals surface area (Å²) in [5.41, 5.74) is -2.41. The standard InChI is InChI=1S/C21H17F5N6O3/c22-13-4-2-1-3-12(13)9-32-17(15-5-6-35-31-15)7-16(30-32)19-27-8-14(23)18(29-19)28-10-20(34,11-33)21(24,25)26/h1-8,33-34H,9-11H2,(H,27,28,29). The predicted octanol–water partition coefficient (Wildman–Crippen LogP) is 3.02. The number of halogens is 5. The Morgan fingerprint density at radius 2 is 1.83 bits per heavy atom. The minimum absolute atomic E-state index is 0.0176. The molecule has 14 heteroatoms. The third-order valence-corrected chi connectivity index (χ3v) is 5.07. The van der Waals surface area contributed by atoms with Gasteiger partial charge in [-0.25, -0.2) is 18.7 Å². The normalized spacial score (nSPS) is 13.6. The molecule has 0 aliphatic carbocycles. The Hall–Kier alpha value is -3.91. The molecule has 0 amide bonds. The summed E-state index contributed by atoms with van der Waals surface area (Å²) in [6.45, 7) is -2.94. The first kappa shape index (κ1) is 24.2. The molecule has 3 N–H and O–H groups in total. The summed E-state index contributed by atoms with van der Waals surface area (Å²) in [5.74, 6) is -2.40. The highest BCUT2D eigenvalue weighted by molar-refractivity contribution is 5.63. The van der Waals surface area contributed by atoms with Crippen LogP contribution in [0.5, 0.6) is 0 Å². The van der Waals surface area contributed by atoms with Gasteiger partial charge in [0.2, 0.25) is 5.60 Å². The number of rotatable bonds is 8. The maximum absolute atomic E-state index is 14.2. The summed E-state index contributed by atoms with van der Waals surface area (Å²) < 4.78 is 73.7. The smallest absolute Gasteiger partial charge is 0.393 e. The van der Waals surface area contributed by atoms with E-state index in [1.807, 2.05) is 5.32 Å². The van der Waals surface area contributed by atoms with Crippen LogP contribution in [0.4, 0.5) is 27.8 Å². The summed E-state index contributed by atoms with van der Waals surface area (Å²) >= 11 is 0. The summed E-state index contributed by atoms with van der Waals surface area (Å²) in [6, 6.07) is 9.02. The van der Waals surface area contributed by atoms with Gasteiger partial charge in [0.1, 0.15) is 23.5 Å². The minimum Gasteiger partial charge on any atom is -0.393 e. The molecular weight excluding hydrogens is 479 g/mol. The van der Waals surface area contributed by atoms with Crippen molar-refractivity contribution in [2.24, 2.45) is 0 Å². The average molecular weight is 496 g/mol. The van der Waals surface area contributed by atoms with Crippen LogP contribution in [0.1, 0.15) is 5.56 Å². The molecule has 0 saturated carbocycles. The second-order valence-electron chi connectivity index (χ2n) is 7.48. The Morgan fingerprint density at radius 3 is 2.49 bits per heavy atom. The number of benzene rings is 1. The third-order valence-electron chi connectivity index (χ3n) is 5.07. The molecule has 4 rings (SSSR count). The SMILES string of the molecule is OCC(O)(CNc1nc(-c2cc(-c3ccon3)n(Cc3ccccc3F)n2)ncc1F)C(F)(F)F. The third kappa shape index (κ3) is 4.97. The first-order chi connectivity index (χ1) is 16.6. The molecule has 184 valence electrons. The second-order valence-corrected chi connectivity index (χ2v) is 7.48. The second kappa shape index (κ2) is 9.38. The Kier molecular flexibility index (Phi) is 6.49. The van der Waals surface area contributed by atoms with Crippen molar-refractivity contribution in [3.05, 3.63) is 66.1 Å². The van der Waals surface area contributed by atoms with E-state index in [-0.39, 0.29) is 18.1 Å². The largest absolute Gasteiger partial charge is 0.421 e. The molecular formula is C21H17F5N6O3. The van der Waals surface area contributed by atoms with Gasteiger partial charge < -0.3 is 20.1 Å². The summed E-state index contributed by atoms with van der Waals surface area (Å²) in [4.78, 5) is 7.70. The van der Waals surface area contributed by atoms with Crippen LogP contribution in [0, 0.1) is 11.6 Å². The lowest BCUT2D eigenvalue weighted by atomic mass is 10.1. The number of nitrogens with one attached hydrogen (secondary N) is 1. The van der Waals surface area contributed by atoms with E-state index in [2.05, 4.69) is 20.2 Å². The van der Waals surface area contributed by atoms with Gasteiger partial charge in [-0.3, -0.25) is 4.68 Å². The highest BCUT2D eigenvalue weighted by atomic mass is 19.4. The summed E-state index contributed by atoms with van der Waals surface area (Å²) in [5, 5.41) is 28.8. The van der Waals surface area contributed by atoms with E-state index < -0.39 is 42.4 Å². The molecule has 0 aliphatic heterocycles. The van der Waals surface area contributed by atoms with Crippen molar-refractivity contribution in [3.63, 3.8) is 0 Å². The zero-order valence-electron chi connectivity index (χ0n) is 17.7. The Labute approximate surface area is 193 Å². The number of nitrogens with zero attached hydrogens (tertiary/aromatic N) is 5. The highest BCUT2D eigenvalue weighted by Gasteiger charge is 2.53. The number of hydrogen-bond acceptors (Lipinski definition) is 8. The molecule has 1 aromatic carbocycles. The summed E-state index contributed by atoms with van der Waals surface area (Å²) in [7, 11) is 0. The van der Waals surface area contributed by atoms with E-state index in [0.29, 0.717) is 23.1 Å². The number of aliphatic hydroxyl groups excluding tert-OH is 1. The van der Waals surface area contributed by atoms with Crippen LogP contribution in [-0.4, -0.2) is 60.0 Å². The molecule has 35 heavy (non-hydrogen) atoms. The van der Waals surface area contributed by atoms with E-state index in [1.54, 1.807) is 12.1 Å². The fraction of sp³-hybridized carbons (Fsp3) is 0.238. The van der Waals surface area contributed by atoms with Crippen LogP contribution in [0.15, 0.2) is 53.4 Å². The average Bonchev–Trinajstić information content (AvgIpc) is 3.49. The zero-order chi connectivity index (χ0) is 25.2. The van der Waals surface area contributed by atoms with E-state index >= 15 is 0 Å². The van der Waals surface area contributed by atoms with Crippen molar-refractivity contribution in [1.29, 1.82) is 0 Å². The lowest BCUT2D eigenvalue weighted by Crippen LogP contribution is -2.53. The number of anilines is 1. The van der Waals surface area contributed by atoms with Crippen LogP contribution in [0.3, 0.4) is 0 Å². The fourth-order valence-electron chi connectivity index (χ4n) is 3.08. The van der Waals surface area contributed by atoms with Crippen LogP contribution >= 0.6 is 0 Å². The van der Waals surface area contributed by atoms with Crippen molar-refractivity contribution >= 4 is 5.82 Å². The van der Waals surface area contributed by atoms with Gasteiger partial charge in [0.15, 0.2) is 17.5 Å². The molecule has 0 spiro atoms. The van der Waals surface area contributed by atoms with E-state index in [9.17, 15) is 27.1 Å². The van der Waals surface area contributed by atoms with Crippen molar-refractivity contribution in [2.45, 2.75) is 18.3 Å². The van der Waals surface area contributed by atoms with Crippen molar-refractivity contribution < 1.29 is 36.7 Å². The van der Waals surface area contributed by atoms with Crippen molar-refractivity contribution in [3.8, 4) is 22.9 Å². The van der Waals surface area contributed by atoms with Gasteiger partial charge in [0.25, 0.3) is 0 Å².